The van der Waals surface area contributed by atoms with Gasteiger partial charge in [0.15, 0.2) is 0 Å². The van der Waals surface area contributed by atoms with Crippen LogP contribution in [-0.2, 0) is 27.3 Å². The van der Waals surface area contributed by atoms with Crippen LogP contribution < -0.4 is 10.1 Å². The molecule has 1 heterocycles. The summed E-state index contributed by atoms with van der Waals surface area (Å²) in [6.45, 7) is 2.08. The molecule has 0 fully saturated rings. The van der Waals surface area contributed by atoms with E-state index < -0.39 is 11.6 Å². The van der Waals surface area contributed by atoms with Crippen LogP contribution in [0.4, 0.5) is 4.79 Å². The Hall–Kier alpha value is -3.32. The average molecular weight is 410 g/mol. The molecule has 2 N–H and O–H groups in total. The summed E-state index contributed by atoms with van der Waals surface area (Å²) in [7, 11) is 3.11. The van der Waals surface area contributed by atoms with Crippen LogP contribution in [0.2, 0.25) is 0 Å². The lowest BCUT2D eigenvalue weighted by atomic mass is 9.92. The Bertz CT molecular complexity index is 1020. The summed E-state index contributed by atoms with van der Waals surface area (Å²) in [5.74, 6) is 0.775. The van der Waals surface area contributed by atoms with Crippen molar-refractivity contribution >= 4 is 23.3 Å². The number of hydrogen-bond donors (Lipinski definition) is 2. The molecule has 7 heteroatoms. The van der Waals surface area contributed by atoms with Crippen molar-refractivity contribution in [1.82, 2.24) is 10.3 Å². The number of benzene rings is 2. The van der Waals surface area contributed by atoms with Gasteiger partial charge in [-0.2, -0.15) is 0 Å². The van der Waals surface area contributed by atoms with Gasteiger partial charge in [0.2, 0.25) is 0 Å². The van der Waals surface area contributed by atoms with Crippen molar-refractivity contribution in [3.8, 4) is 5.75 Å². The Morgan fingerprint density at radius 2 is 1.97 bits per heavy atom. The number of ether oxygens (including phenoxy) is 3. The first-order valence-corrected chi connectivity index (χ1v) is 9.59. The van der Waals surface area contributed by atoms with Gasteiger partial charge < -0.3 is 29.3 Å². The van der Waals surface area contributed by atoms with E-state index in [2.05, 4.69) is 10.3 Å². The van der Waals surface area contributed by atoms with Crippen LogP contribution in [0.3, 0.4) is 0 Å². The lowest BCUT2D eigenvalue weighted by molar-refractivity contribution is -0.115. The summed E-state index contributed by atoms with van der Waals surface area (Å²) in [4.78, 5) is 27.7. The summed E-state index contributed by atoms with van der Waals surface area (Å²) in [5, 5.41) is 3.65. The molecule has 0 saturated heterocycles. The van der Waals surface area contributed by atoms with Crippen LogP contribution >= 0.6 is 0 Å². The van der Waals surface area contributed by atoms with Crippen LogP contribution in [0.5, 0.6) is 5.75 Å². The maximum Gasteiger partial charge on any atom is 0.408 e. The molecule has 0 bridgehead atoms. The second-order valence-corrected chi connectivity index (χ2v) is 7.25. The number of aromatic amines is 1. The number of hydrogen-bond acceptors (Lipinski definition) is 5. The van der Waals surface area contributed by atoms with E-state index in [0.29, 0.717) is 6.29 Å². The Balaban J connectivity index is 1.79. The number of carbonyl (C=O) groups excluding carboxylic acids is 2. The number of alkyl carbamates (subject to hydrolysis) is 1. The zero-order valence-electron chi connectivity index (χ0n) is 17.4. The molecule has 1 unspecified atom stereocenters. The fraction of sp³-hybridized carbons (Fsp3) is 0.304. The smallest absolute Gasteiger partial charge is 0.408 e. The summed E-state index contributed by atoms with van der Waals surface area (Å²) >= 11 is 0. The molecular weight excluding hydrogens is 384 g/mol. The van der Waals surface area contributed by atoms with Crippen LogP contribution in [0.15, 0.2) is 48.7 Å². The number of methoxy groups -OCH3 is 2. The number of carbonyl (C=O) groups is 2. The van der Waals surface area contributed by atoms with E-state index in [1.54, 1.807) is 7.11 Å². The van der Waals surface area contributed by atoms with Gasteiger partial charge in [-0.15, -0.1) is 0 Å². The molecule has 1 atom stereocenters. The monoisotopic (exact) mass is 410 g/mol. The molecule has 1 amide bonds. The number of aryl methyl sites for hydroxylation is 1. The number of nitrogens with one attached hydrogen (secondary N) is 2. The zero-order valence-corrected chi connectivity index (χ0v) is 17.4. The van der Waals surface area contributed by atoms with Crippen molar-refractivity contribution in [2.45, 2.75) is 25.5 Å². The molecular formula is C23H26N2O5. The van der Waals surface area contributed by atoms with Gasteiger partial charge in [-0.05, 0) is 29.7 Å². The zero-order chi connectivity index (χ0) is 21.6. The van der Waals surface area contributed by atoms with Crippen LogP contribution in [0.25, 0.3) is 10.9 Å². The quantitative estimate of drug-likeness (QED) is 0.527. The van der Waals surface area contributed by atoms with Crippen LogP contribution in [0.1, 0.15) is 16.7 Å². The Kier molecular flexibility index (Phi) is 6.74. The normalized spacial score (nSPS) is 12.9. The predicted molar refractivity (Wildman–Crippen MR) is 114 cm³/mol. The Morgan fingerprint density at radius 3 is 2.63 bits per heavy atom. The number of rotatable bonds is 9. The highest BCUT2D eigenvalue weighted by atomic mass is 16.5. The minimum absolute atomic E-state index is 0.0126. The van der Waals surface area contributed by atoms with E-state index in [0.717, 1.165) is 33.3 Å². The van der Waals surface area contributed by atoms with E-state index in [9.17, 15) is 9.59 Å². The van der Waals surface area contributed by atoms with Crippen molar-refractivity contribution in [3.05, 3.63) is 65.4 Å². The summed E-state index contributed by atoms with van der Waals surface area (Å²) < 4.78 is 15.9. The van der Waals surface area contributed by atoms with Crippen molar-refractivity contribution in [2.24, 2.45) is 0 Å². The van der Waals surface area contributed by atoms with Gasteiger partial charge in [0.05, 0.1) is 13.7 Å². The molecule has 2 aromatic carbocycles. The van der Waals surface area contributed by atoms with E-state index in [1.807, 2.05) is 55.6 Å². The van der Waals surface area contributed by atoms with Crippen LogP contribution in [0, 0.1) is 6.92 Å². The molecule has 0 aliphatic heterocycles. The average Bonchev–Trinajstić information content (AvgIpc) is 3.13. The molecule has 0 aliphatic carbocycles. The van der Waals surface area contributed by atoms with E-state index in [-0.39, 0.29) is 19.6 Å². The molecule has 0 radical (unpaired) electrons. The number of H-pyrrole nitrogens is 1. The summed E-state index contributed by atoms with van der Waals surface area (Å²) in [6, 6.07) is 13.2. The minimum Gasteiger partial charge on any atom is -0.496 e. The maximum atomic E-state index is 12.4. The van der Waals surface area contributed by atoms with Crippen LogP contribution in [-0.4, -0.2) is 43.7 Å². The number of fused-ring (bicyclic) bond motifs is 1. The molecule has 3 aromatic rings. The Labute approximate surface area is 175 Å². The first kappa shape index (κ1) is 21.4. The third-order valence-corrected chi connectivity index (χ3v) is 4.98. The van der Waals surface area contributed by atoms with E-state index in [4.69, 9.17) is 14.2 Å². The standard InChI is InChI=1S/C23H26N2O5/c1-16-9-19-18(12-24-20(19)10-21(16)29-3)11-23(14-26,15-28-2)25-22(27)30-13-17-7-5-4-6-8-17/h4-10,12,14,24H,11,13,15H2,1-3H3,(H,25,27). The van der Waals surface area contributed by atoms with Crippen molar-refractivity contribution < 1.29 is 23.8 Å². The molecule has 7 nitrogen and oxygen atoms in total. The number of aromatic nitrogens is 1. The van der Waals surface area contributed by atoms with E-state index >= 15 is 0 Å². The van der Waals surface area contributed by atoms with Gasteiger partial charge >= 0.3 is 6.09 Å². The maximum absolute atomic E-state index is 12.4. The number of aldehydes is 1. The third kappa shape index (κ3) is 4.80. The second kappa shape index (κ2) is 9.45. The van der Waals surface area contributed by atoms with Gasteiger partial charge in [-0.1, -0.05) is 30.3 Å². The lowest BCUT2D eigenvalue weighted by Crippen LogP contribution is -2.55. The third-order valence-electron chi connectivity index (χ3n) is 4.98. The van der Waals surface area contributed by atoms with Crippen molar-refractivity contribution in [1.29, 1.82) is 0 Å². The molecule has 3 rings (SSSR count). The first-order chi connectivity index (χ1) is 14.5. The predicted octanol–water partition coefficient (Wildman–Crippen LogP) is 3.54. The van der Waals surface area contributed by atoms with Gasteiger partial charge in [-0.3, -0.25) is 0 Å². The number of amides is 1. The van der Waals surface area contributed by atoms with Gasteiger partial charge in [-0.25, -0.2) is 4.79 Å². The molecule has 0 aliphatic rings. The fourth-order valence-electron chi connectivity index (χ4n) is 3.48. The highest BCUT2D eigenvalue weighted by Gasteiger charge is 2.34. The molecule has 30 heavy (non-hydrogen) atoms. The van der Waals surface area contributed by atoms with Gasteiger partial charge in [0.25, 0.3) is 0 Å². The van der Waals surface area contributed by atoms with Gasteiger partial charge in [0, 0.05) is 36.7 Å². The SMILES string of the molecule is COCC(C=O)(Cc1c[nH]c2cc(OC)c(C)cc12)NC(=O)OCc1ccccc1. The Morgan fingerprint density at radius 1 is 1.20 bits per heavy atom. The topological polar surface area (TPSA) is 89.7 Å². The fourth-order valence-corrected chi connectivity index (χ4v) is 3.48. The molecule has 0 saturated carbocycles. The van der Waals surface area contributed by atoms with E-state index in [1.165, 1.54) is 7.11 Å². The van der Waals surface area contributed by atoms with Crippen molar-refractivity contribution in [3.63, 3.8) is 0 Å². The summed E-state index contributed by atoms with van der Waals surface area (Å²) in [5.41, 5.74) is 2.34. The molecule has 0 spiro atoms. The molecule has 1 aromatic heterocycles. The van der Waals surface area contributed by atoms with Crippen molar-refractivity contribution in [2.75, 3.05) is 20.8 Å². The first-order valence-electron chi connectivity index (χ1n) is 9.59. The largest absolute Gasteiger partial charge is 0.496 e. The lowest BCUT2D eigenvalue weighted by Gasteiger charge is -2.28. The molecule has 158 valence electrons. The second-order valence-electron chi connectivity index (χ2n) is 7.25. The minimum atomic E-state index is -1.26. The summed E-state index contributed by atoms with van der Waals surface area (Å²) in [6.07, 6.45) is 2.10. The highest BCUT2D eigenvalue weighted by molar-refractivity contribution is 5.87. The van der Waals surface area contributed by atoms with Gasteiger partial charge in [0.1, 0.15) is 24.2 Å². The highest BCUT2D eigenvalue weighted by Crippen LogP contribution is 2.29.